The molecule has 0 saturated carbocycles. The van der Waals surface area contributed by atoms with E-state index < -0.39 is 0 Å². The number of nitrogens with one attached hydrogen (secondary N) is 2. The Morgan fingerprint density at radius 3 is 2.30 bits per heavy atom. The van der Waals surface area contributed by atoms with Crippen LogP contribution >= 0.6 is 0 Å². The molecule has 0 bridgehead atoms. The normalized spacial score (nSPS) is 10.7. The predicted octanol–water partition coefficient (Wildman–Crippen LogP) is 3.09. The molecule has 6 heteroatoms. The number of ether oxygens (including phenoxy) is 2. The first-order valence-corrected chi connectivity index (χ1v) is 8.57. The molecule has 0 aliphatic rings. The van der Waals surface area contributed by atoms with Gasteiger partial charge in [-0.25, -0.2) is 0 Å². The zero-order valence-corrected chi connectivity index (χ0v) is 15.8. The number of fused-ring (bicyclic) bond motifs is 1. The second-order valence-corrected chi connectivity index (χ2v) is 6.37. The lowest BCUT2D eigenvalue weighted by atomic mass is 10.0. The van der Waals surface area contributed by atoms with Crippen molar-refractivity contribution in [3.05, 3.63) is 69.0 Å². The van der Waals surface area contributed by atoms with Gasteiger partial charge in [-0.15, -0.1) is 0 Å². The van der Waals surface area contributed by atoms with Gasteiger partial charge in [-0.05, 0) is 60.7 Å². The van der Waals surface area contributed by atoms with Gasteiger partial charge in [0.25, 0.3) is 11.5 Å². The van der Waals surface area contributed by atoms with E-state index in [2.05, 4.69) is 10.3 Å². The molecule has 0 spiro atoms. The highest BCUT2D eigenvalue weighted by Gasteiger charge is 2.18. The number of carbonyl (C=O) groups is 1. The number of aryl methyl sites for hydroxylation is 2. The summed E-state index contributed by atoms with van der Waals surface area (Å²) in [6.07, 6.45) is 0. The van der Waals surface area contributed by atoms with Crippen molar-refractivity contribution in [2.24, 2.45) is 0 Å². The number of H-pyrrole nitrogens is 1. The molecule has 140 valence electrons. The van der Waals surface area contributed by atoms with Crippen LogP contribution in [0.4, 0.5) is 0 Å². The van der Waals surface area contributed by atoms with E-state index in [-0.39, 0.29) is 18.0 Å². The van der Waals surface area contributed by atoms with Crippen LogP contribution in [-0.2, 0) is 6.54 Å². The number of carbonyl (C=O) groups excluding carboxylic acids is 1. The molecule has 1 heterocycles. The van der Waals surface area contributed by atoms with Crippen molar-refractivity contribution in [3.63, 3.8) is 0 Å². The molecular formula is C21H22N2O4. The maximum atomic E-state index is 12.7. The summed E-state index contributed by atoms with van der Waals surface area (Å²) in [7, 11) is 2.98. The molecule has 0 aliphatic heterocycles. The van der Waals surface area contributed by atoms with Crippen LogP contribution in [-0.4, -0.2) is 25.1 Å². The Bertz CT molecular complexity index is 1050. The maximum absolute atomic E-state index is 12.7. The molecule has 0 radical (unpaired) electrons. The Morgan fingerprint density at radius 2 is 1.67 bits per heavy atom. The molecule has 0 saturated heterocycles. The van der Waals surface area contributed by atoms with E-state index in [9.17, 15) is 9.59 Å². The largest absolute Gasteiger partial charge is 0.496 e. The van der Waals surface area contributed by atoms with E-state index in [1.54, 1.807) is 24.3 Å². The number of rotatable bonds is 5. The minimum absolute atomic E-state index is 0.0955. The molecule has 6 nitrogen and oxygen atoms in total. The molecule has 1 aromatic heterocycles. The average molecular weight is 366 g/mol. The zero-order chi connectivity index (χ0) is 19.6. The van der Waals surface area contributed by atoms with Crippen molar-refractivity contribution in [1.29, 1.82) is 0 Å². The lowest BCUT2D eigenvalue weighted by Gasteiger charge is -2.13. The van der Waals surface area contributed by atoms with E-state index in [4.69, 9.17) is 9.47 Å². The Morgan fingerprint density at radius 1 is 1.04 bits per heavy atom. The number of aromatic amines is 1. The third-order valence-corrected chi connectivity index (χ3v) is 4.63. The zero-order valence-electron chi connectivity index (χ0n) is 15.8. The predicted molar refractivity (Wildman–Crippen MR) is 105 cm³/mol. The van der Waals surface area contributed by atoms with Crippen LogP contribution in [0.25, 0.3) is 10.9 Å². The van der Waals surface area contributed by atoms with Gasteiger partial charge in [0.15, 0.2) is 0 Å². The molecule has 0 unspecified atom stereocenters. The Hall–Kier alpha value is -3.28. The summed E-state index contributed by atoms with van der Waals surface area (Å²) in [6, 6.07) is 10.9. The molecule has 1 amide bonds. The number of pyridine rings is 1. The van der Waals surface area contributed by atoms with Gasteiger partial charge in [0.2, 0.25) is 0 Å². The SMILES string of the molecule is COc1cccc(OC)c1C(=O)NCc1cc2cc(C)c(C)cc2[nH]c1=O. The maximum Gasteiger partial charge on any atom is 0.259 e. The number of aromatic nitrogens is 1. The van der Waals surface area contributed by atoms with Gasteiger partial charge in [0.1, 0.15) is 17.1 Å². The number of amides is 1. The van der Waals surface area contributed by atoms with E-state index >= 15 is 0 Å². The van der Waals surface area contributed by atoms with E-state index in [1.807, 2.05) is 26.0 Å². The Labute approximate surface area is 157 Å². The van der Waals surface area contributed by atoms with Crippen molar-refractivity contribution in [2.75, 3.05) is 14.2 Å². The van der Waals surface area contributed by atoms with Gasteiger partial charge in [-0.1, -0.05) is 6.07 Å². The van der Waals surface area contributed by atoms with Crippen LogP contribution in [0, 0.1) is 13.8 Å². The highest BCUT2D eigenvalue weighted by Crippen LogP contribution is 2.28. The molecule has 0 atom stereocenters. The monoisotopic (exact) mass is 366 g/mol. The summed E-state index contributed by atoms with van der Waals surface area (Å²) in [6.45, 7) is 4.12. The second-order valence-electron chi connectivity index (χ2n) is 6.37. The number of hydrogen-bond acceptors (Lipinski definition) is 4. The first-order chi connectivity index (χ1) is 12.9. The van der Waals surface area contributed by atoms with Crippen molar-refractivity contribution in [2.45, 2.75) is 20.4 Å². The quantitative estimate of drug-likeness (QED) is 0.727. The summed E-state index contributed by atoms with van der Waals surface area (Å²) in [5.74, 6) is 0.444. The highest BCUT2D eigenvalue weighted by atomic mass is 16.5. The number of methoxy groups -OCH3 is 2. The van der Waals surface area contributed by atoms with Gasteiger partial charge in [-0.3, -0.25) is 9.59 Å². The summed E-state index contributed by atoms with van der Waals surface area (Å²) < 4.78 is 10.5. The molecular weight excluding hydrogens is 344 g/mol. The average Bonchev–Trinajstić information content (AvgIpc) is 2.66. The van der Waals surface area contributed by atoms with Gasteiger partial charge >= 0.3 is 0 Å². The molecule has 2 N–H and O–H groups in total. The lowest BCUT2D eigenvalue weighted by Crippen LogP contribution is -2.27. The van der Waals surface area contributed by atoms with Crippen molar-refractivity contribution in [1.82, 2.24) is 10.3 Å². The molecule has 3 rings (SSSR count). The van der Waals surface area contributed by atoms with E-state index in [1.165, 1.54) is 14.2 Å². The van der Waals surface area contributed by atoms with E-state index in [0.717, 1.165) is 22.0 Å². The first kappa shape index (κ1) is 18.5. The molecule has 0 aliphatic carbocycles. The minimum Gasteiger partial charge on any atom is -0.496 e. The fourth-order valence-electron chi connectivity index (χ4n) is 2.99. The molecule has 27 heavy (non-hydrogen) atoms. The third kappa shape index (κ3) is 3.65. The van der Waals surface area contributed by atoms with Crippen LogP contribution in [0.2, 0.25) is 0 Å². The van der Waals surface area contributed by atoms with Crippen LogP contribution in [0.5, 0.6) is 11.5 Å². The topological polar surface area (TPSA) is 80.4 Å². The second kappa shape index (κ2) is 7.53. The Balaban J connectivity index is 1.89. The standard InChI is InChI=1S/C21H22N2O4/c1-12-8-14-10-15(20(24)23-16(14)9-13(12)2)11-22-21(25)19-17(26-3)6-5-7-18(19)27-4/h5-10H,11H2,1-4H3,(H,22,25)(H,23,24). The van der Waals surface area contributed by atoms with Crippen molar-refractivity contribution >= 4 is 16.8 Å². The van der Waals surface area contributed by atoms with Crippen molar-refractivity contribution < 1.29 is 14.3 Å². The van der Waals surface area contributed by atoms with Gasteiger partial charge in [-0.2, -0.15) is 0 Å². The molecule has 0 fully saturated rings. The van der Waals surface area contributed by atoms with Crippen LogP contribution in [0.3, 0.4) is 0 Å². The van der Waals surface area contributed by atoms with Crippen LogP contribution in [0.15, 0.2) is 41.2 Å². The van der Waals surface area contributed by atoms with Crippen molar-refractivity contribution in [3.8, 4) is 11.5 Å². The number of hydrogen-bond donors (Lipinski definition) is 2. The summed E-state index contributed by atoms with van der Waals surface area (Å²) in [5.41, 5.74) is 3.59. The summed E-state index contributed by atoms with van der Waals surface area (Å²) in [5, 5.41) is 3.70. The smallest absolute Gasteiger partial charge is 0.259 e. The third-order valence-electron chi connectivity index (χ3n) is 4.63. The highest BCUT2D eigenvalue weighted by molar-refractivity contribution is 5.99. The van der Waals surface area contributed by atoms with Gasteiger partial charge in [0, 0.05) is 17.6 Å². The van der Waals surface area contributed by atoms with Crippen LogP contribution in [0.1, 0.15) is 27.0 Å². The lowest BCUT2D eigenvalue weighted by molar-refractivity contribution is 0.0944. The van der Waals surface area contributed by atoms with E-state index in [0.29, 0.717) is 22.6 Å². The summed E-state index contributed by atoms with van der Waals surface area (Å²) >= 11 is 0. The first-order valence-electron chi connectivity index (χ1n) is 8.57. The number of benzene rings is 2. The molecule has 2 aromatic carbocycles. The van der Waals surface area contributed by atoms with Gasteiger partial charge in [0.05, 0.1) is 14.2 Å². The van der Waals surface area contributed by atoms with Crippen LogP contribution < -0.4 is 20.3 Å². The molecule has 3 aromatic rings. The minimum atomic E-state index is -0.371. The van der Waals surface area contributed by atoms with Gasteiger partial charge < -0.3 is 19.8 Å². The summed E-state index contributed by atoms with van der Waals surface area (Å²) in [4.78, 5) is 27.9. The Kier molecular flexibility index (Phi) is 5.16. The fourth-order valence-corrected chi connectivity index (χ4v) is 2.99. The fraction of sp³-hybridized carbons (Fsp3) is 0.238.